The van der Waals surface area contributed by atoms with E-state index in [0.29, 0.717) is 0 Å². The molecule has 0 unspecified atom stereocenters. The van der Waals surface area contributed by atoms with Gasteiger partial charge >= 0.3 is 0 Å². The highest BCUT2D eigenvalue weighted by Crippen LogP contribution is 2.53. The molecule has 2 nitrogen and oxygen atoms in total. The lowest BCUT2D eigenvalue weighted by molar-refractivity contribution is 0.660. The molecule has 0 atom stereocenters. The van der Waals surface area contributed by atoms with Crippen LogP contribution in [0.25, 0.3) is 76.9 Å². The molecule has 0 amide bonds. The Morgan fingerprint density at radius 2 is 0.914 bits per heavy atom. The van der Waals surface area contributed by atoms with Crippen molar-refractivity contribution in [3.05, 3.63) is 198 Å². The van der Waals surface area contributed by atoms with E-state index in [9.17, 15) is 0 Å². The van der Waals surface area contributed by atoms with Crippen molar-refractivity contribution < 1.29 is 4.42 Å². The van der Waals surface area contributed by atoms with E-state index in [2.05, 4.69) is 209 Å². The maximum atomic E-state index is 6.93. The summed E-state index contributed by atoms with van der Waals surface area (Å²) in [6, 6.07) is 65.1. The maximum absolute atomic E-state index is 6.93. The normalized spacial score (nSPS) is 14.5. The minimum Gasteiger partial charge on any atom is -0.455 e. The van der Waals surface area contributed by atoms with Crippen LogP contribution in [0.4, 0.5) is 17.1 Å². The third-order valence-corrected chi connectivity index (χ3v) is 13.4. The lowest BCUT2D eigenvalue weighted by Gasteiger charge is -2.29. The molecule has 0 saturated heterocycles. The Balaban J connectivity index is 1.09. The summed E-state index contributed by atoms with van der Waals surface area (Å²) < 4.78 is 6.93. The Bertz CT molecular complexity index is 3250. The fourth-order valence-corrected chi connectivity index (χ4v) is 10.4. The van der Waals surface area contributed by atoms with Crippen LogP contribution >= 0.6 is 0 Å². The first-order chi connectivity index (χ1) is 28.3. The van der Waals surface area contributed by atoms with Gasteiger partial charge in [0.15, 0.2) is 0 Å². The van der Waals surface area contributed by atoms with Crippen molar-refractivity contribution in [3.8, 4) is 33.4 Å². The van der Waals surface area contributed by atoms with E-state index in [4.69, 9.17) is 4.42 Å². The Morgan fingerprint density at radius 3 is 1.59 bits per heavy atom. The highest BCUT2D eigenvalue weighted by molar-refractivity contribution is 6.19. The van der Waals surface area contributed by atoms with Gasteiger partial charge in [-0.25, -0.2) is 0 Å². The predicted octanol–water partition coefficient (Wildman–Crippen LogP) is 15.6. The van der Waals surface area contributed by atoms with Gasteiger partial charge in [0.05, 0.1) is 0 Å². The lowest BCUT2D eigenvalue weighted by atomic mass is 9.82. The van der Waals surface area contributed by atoms with Crippen molar-refractivity contribution >= 4 is 60.5 Å². The molecule has 0 fully saturated rings. The quantitative estimate of drug-likeness (QED) is 0.178. The second-order valence-corrected chi connectivity index (χ2v) is 17.3. The van der Waals surface area contributed by atoms with Gasteiger partial charge in [-0.15, -0.1) is 0 Å². The highest BCUT2D eigenvalue weighted by Gasteiger charge is 2.37. The number of furan rings is 1. The van der Waals surface area contributed by atoms with Gasteiger partial charge in [-0.1, -0.05) is 149 Å². The zero-order valence-electron chi connectivity index (χ0n) is 33.1. The van der Waals surface area contributed by atoms with Crippen LogP contribution in [0.3, 0.4) is 0 Å². The van der Waals surface area contributed by atoms with Crippen molar-refractivity contribution in [1.82, 2.24) is 0 Å². The minimum atomic E-state index is -0.125. The molecule has 0 radical (unpaired) electrons. The fourth-order valence-electron chi connectivity index (χ4n) is 10.4. The molecular weight excluding hydrogens is 703 g/mol. The van der Waals surface area contributed by atoms with Gasteiger partial charge in [-0.2, -0.15) is 0 Å². The Labute approximate surface area is 338 Å². The van der Waals surface area contributed by atoms with Gasteiger partial charge in [0.2, 0.25) is 0 Å². The third-order valence-electron chi connectivity index (χ3n) is 13.4. The van der Waals surface area contributed by atoms with Gasteiger partial charge in [0.1, 0.15) is 11.2 Å². The lowest BCUT2D eigenvalue weighted by Crippen LogP contribution is -2.18. The van der Waals surface area contributed by atoms with E-state index < -0.39 is 0 Å². The molecule has 276 valence electrons. The van der Waals surface area contributed by atoms with Crippen LogP contribution in [0.1, 0.15) is 49.9 Å². The van der Waals surface area contributed by atoms with Crippen molar-refractivity contribution in [2.24, 2.45) is 0 Å². The van der Waals surface area contributed by atoms with Crippen LogP contribution in [-0.2, 0) is 10.8 Å². The number of hydrogen-bond acceptors (Lipinski definition) is 2. The molecule has 0 bridgehead atoms. The molecule has 0 saturated carbocycles. The fraction of sp³-hybridized carbons (Fsp3) is 0.107. The zero-order chi connectivity index (χ0) is 38.9. The molecule has 1 heterocycles. The molecule has 12 rings (SSSR count). The zero-order valence-corrected chi connectivity index (χ0v) is 33.1. The largest absolute Gasteiger partial charge is 0.455 e. The van der Waals surface area contributed by atoms with Crippen LogP contribution in [-0.4, -0.2) is 0 Å². The molecule has 0 spiro atoms. The number of rotatable bonds is 4. The van der Waals surface area contributed by atoms with Crippen molar-refractivity contribution in [2.75, 3.05) is 4.90 Å². The van der Waals surface area contributed by atoms with Gasteiger partial charge in [-0.3, -0.25) is 0 Å². The summed E-state index contributed by atoms with van der Waals surface area (Å²) >= 11 is 0. The van der Waals surface area contributed by atoms with E-state index in [1.807, 2.05) is 0 Å². The summed E-state index contributed by atoms with van der Waals surface area (Å²) in [6.07, 6.45) is 0. The maximum Gasteiger partial charge on any atom is 0.143 e. The molecular formula is C56H41NO. The van der Waals surface area contributed by atoms with Crippen LogP contribution < -0.4 is 4.90 Å². The molecule has 0 aliphatic heterocycles. The Hall–Kier alpha value is -6.90. The average molecular weight is 744 g/mol. The second kappa shape index (κ2) is 11.8. The summed E-state index contributed by atoms with van der Waals surface area (Å²) in [5, 5.41) is 7.06. The van der Waals surface area contributed by atoms with Crippen LogP contribution in [0.5, 0.6) is 0 Å². The summed E-state index contributed by atoms with van der Waals surface area (Å²) in [6.45, 7) is 9.45. The second-order valence-electron chi connectivity index (χ2n) is 17.3. The minimum absolute atomic E-state index is 0.125. The van der Waals surface area contributed by atoms with E-state index in [1.165, 1.54) is 66.1 Å². The number of nitrogens with zero attached hydrogens (tertiary/aromatic N) is 1. The van der Waals surface area contributed by atoms with Gasteiger partial charge in [-0.05, 0) is 126 Å². The molecule has 58 heavy (non-hydrogen) atoms. The Morgan fingerprint density at radius 1 is 0.379 bits per heavy atom. The van der Waals surface area contributed by atoms with Gasteiger partial charge in [0.25, 0.3) is 0 Å². The number of hydrogen-bond donors (Lipinski definition) is 0. The van der Waals surface area contributed by atoms with Crippen LogP contribution in [0.2, 0.25) is 0 Å². The first-order valence-electron chi connectivity index (χ1n) is 20.4. The third kappa shape index (κ3) is 4.60. The molecule has 1 aromatic heterocycles. The van der Waals surface area contributed by atoms with Crippen molar-refractivity contribution in [3.63, 3.8) is 0 Å². The van der Waals surface area contributed by atoms with Gasteiger partial charge < -0.3 is 9.32 Å². The highest BCUT2D eigenvalue weighted by atomic mass is 16.3. The molecule has 10 aromatic rings. The molecule has 2 aliphatic rings. The summed E-state index contributed by atoms with van der Waals surface area (Å²) in [5.74, 6) is 0. The number of fused-ring (bicyclic) bond motifs is 11. The van der Waals surface area contributed by atoms with Crippen molar-refractivity contribution in [1.29, 1.82) is 0 Å². The van der Waals surface area contributed by atoms with E-state index in [-0.39, 0.29) is 10.8 Å². The first kappa shape index (κ1) is 33.3. The summed E-state index contributed by atoms with van der Waals surface area (Å²) in [4.78, 5) is 2.46. The smallest absolute Gasteiger partial charge is 0.143 e. The summed E-state index contributed by atoms with van der Waals surface area (Å²) in [7, 11) is 0. The van der Waals surface area contributed by atoms with Gasteiger partial charge in [0, 0.05) is 44.2 Å². The SMILES string of the molecule is CC1(C)c2ccccc2-c2ccc(N(c3ccc4c(c3)C(C)(C)c3ccccc3-4)c3ccc4oc5c(-c6ccc7ccccc7c6)c6ccccc6cc5c4c3)cc21. The summed E-state index contributed by atoms with van der Waals surface area (Å²) in [5.41, 5.74) is 18.0. The van der Waals surface area contributed by atoms with E-state index in [0.717, 1.165) is 50.1 Å². The molecule has 2 heteroatoms. The van der Waals surface area contributed by atoms with Crippen LogP contribution in [0.15, 0.2) is 180 Å². The number of anilines is 3. The van der Waals surface area contributed by atoms with Crippen molar-refractivity contribution in [2.45, 2.75) is 38.5 Å². The van der Waals surface area contributed by atoms with E-state index in [1.54, 1.807) is 0 Å². The number of benzene rings is 9. The molecule has 0 N–H and O–H groups in total. The monoisotopic (exact) mass is 743 g/mol. The predicted molar refractivity (Wildman–Crippen MR) is 244 cm³/mol. The topological polar surface area (TPSA) is 16.4 Å². The molecule has 2 aliphatic carbocycles. The average Bonchev–Trinajstić information content (AvgIpc) is 3.81. The standard InChI is InChI=1S/C56H41NO/c1-55(2)48-19-11-9-17-42(48)44-26-23-39(32-50(44)55)57(40-24-27-45-43-18-10-12-20-49(43)56(3,4)51(45)33-40)38-25-28-52-46(31-38)47-30-36-15-7-8-16-41(36)53(54(47)58-52)37-22-21-34-13-5-6-14-35(34)29-37/h5-33H,1-4H3. The van der Waals surface area contributed by atoms with Crippen LogP contribution in [0, 0.1) is 0 Å². The molecule has 9 aromatic carbocycles. The van der Waals surface area contributed by atoms with E-state index >= 15 is 0 Å². The Kier molecular flexibility index (Phi) is 6.78. The first-order valence-corrected chi connectivity index (χ1v) is 20.4.